The monoisotopic (exact) mass is 502 g/mol. The van der Waals surface area contributed by atoms with Gasteiger partial charge in [0, 0.05) is 23.7 Å². The van der Waals surface area contributed by atoms with Crippen molar-refractivity contribution in [3.8, 4) is 11.5 Å². The number of pyridine rings is 1. The average molecular weight is 503 g/mol. The molecule has 0 aliphatic heterocycles. The van der Waals surface area contributed by atoms with Crippen molar-refractivity contribution in [2.75, 3.05) is 18.5 Å². The number of aromatic nitrogens is 1. The smallest absolute Gasteiger partial charge is 0.297 e. The van der Waals surface area contributed by atoms with Gasteiger partial charge >= 0.3 is 0 Å². The van der Waals surface area contributed by atoms with Gasteiger partial charge in [-0.2, -0.15) is 0 Å². The van der Waals surface area contributed by atoms with E-state index in [9.17, 15) is 9.59 Å². The molecule has 1 aromatic heterocycles. The number of carbonyl (C=O) groups is 1. The molecule has 6 nitrogen and oxygen atoms in total. The number of hydrogen-bond acceptors (Lipinski definition) is 4. The number of amides is 1. The van der Waals surface area contributed by atoms with Gasteiger partial charge in [0.15, 0.2) is 5.75 Å². The molecular weight excluding hydrogens is 464 g/mol. The van der Waals surface area contributed by atoms with Crippen LogP contribution in [0.2, 0.25) is 0 Å². The predicted molar refractivity (Wildman–Crippen MR) is 153 cm³/mol. The molecule has 0 atom stereocenters. The van der Waals surface area contributed by atoms with E-state index in [4.69, 9.17) is 9.47 Å². The quantitative estimate of drug-likeness (QED) is 0.138. The maximum absolute atomic E-state index is 13.6. The molecule has 3 rings (SSSR count). The van der Waals surface area contributed by atoms with Gasteiger partial charge in [0.1, 0.15) is 6.61 Å². The SMILES string of the molecule is C=CCOc1c(OCCCC)c2ccc(NC(=O)/C=C/c3ccccc3)cc2n(CCCCCC)c1=O. The van der Waals surface area contributed by atoms with Crippen LogP contribution in [0, 0.1) is 0 Å². The summed E-state index contributed by atoms with van der Waals surface area (Å²) in [5, 5.41) is 3.70. The van der Waals surface area contributed by atoms with Gasteiger partial charge in [-0.25, -0.2) is 0 Å². The molecule has 6 heteroatoms. The van der Waals surface area contributed by atoms with Gasteiger partial charge in [0.2, 0.25) is 11.7 Å². The third-order valence-corrected chi connectivity index (χ3v) is 6.00. The van der Waals surface area contributed by atoms with Crippen LogP contribution < -0.4 is 20.3 Å². The van der Waals surface area contributed by atoms with Crippen molar-refractivity contribution in [3.63, 3.8) is 0 Å². The third-order valence-electron chi connectivity index (χ3n) is 6.00. The number of hydrogen-bond donors (Lipinski definition) is 1. The van der Waals surface area contributed by atoms with Crippen LogP contribution in [-0.4, -0.2) is 23.7 Å². The second-order valence-electron chi connectivity index (χ2n) is 8.94. The van der Waals surface area contributed by atoms with Crippen molar-refractivity contribution >= 4 is 28.6 Å². The minimum Gasteiger partial charge on any atom is -0.489 e. The number of fused-ring (bicyclic) bond motifs is 1. The van der Waals surface area contributed by atoms with Crippen molar-refractivity contribution in [3.05, 3.63) is 83.2 Å². The molecule has 2 aromatic carbocycles. The van der Waals surface area contributed by atoms with Gasteiger partial charge in [-0.3, -0.25) is 9.59 Å². The first kappa shape index (κ1) is 27.8. The summed E-state index contributed by atoms with van der Waals surface area (Å²) in [6, 6.07) is 15.2. The van der Waals surface area contributed by atoms with E-state index in [0.29, 0.717) is 30.1 Å². The van der Waals surface area contributed by atoms with Gasteiger partial charge in [-0.05, 0) is 42.7 Å². The van der Waals surface area contributed by atoms with E-state index in [1.165, 1.54) is 6.08 Å². The fourth-order valence-corrected chi connectivity index (χ4v) is 4.05. The van der Waals surface area contributed by atoms with Crippen LogP contribution in [0.15, 0.2) is 72.1 Å². The molecular formula is C31H38N2O4. The van der Waals surface area contributed by atoms with Gasteiger partial charge in [0.25, 0.3) is 5.56 Å². The Kier molecular flexibility index (Phi) is 11.0. The van der Waals surface area contributed by atoms with E-state index in [1.807, 2.05) is 48.5 Å². The lowest BCUT2D eigenvalue weighted by Gasteiger charge is -2.19. The predicted octanol–water partition coefficient (Wildman–Crippen LogP) is 6.98. The van der Waals surface area contributed by atoms with E-state index in [-0.39, 0.29) is 23.8 Å². The summed E-state index contributed by atoms with van der Waals surface area (Å²) in [4.78, 5) is 26.2. The lowest BCUT2D eigenvalue weighted by Crippen LogP contribution is -2.24. The molecule has 0 aliphatic rings. The van der Waals surface area contributed by atoms with Crippen LogP contribution >= 0.6 is 0 Å². The molecule has 3 aromatic rings. The highest BCUT2D eigenvalue weighted by molar-refractivity contribution is 6.03. The highest BCUT2D eigenvalue weighted by Crippen LogP contribution is 2.35. The molecule has 0 fully saturated rings. The van der Waals surface area contributed by atoms with Crippen molar-refractivity contribution < 1.29 is 14.3 Å². The second kappa shape index (κ2) is 14.7. The molecule has 196 valence electrons. The third kappa shape index (κ3) is 7.84. The number of carbonyl (C=O) groups excluding carboxylic acids is 1. The van der Waals surface area contributed by atoms with E-state index in [2.05, 4.69) is 25.7 Å². The molecule has 0 saturated heterocycles. The molecule has 1 heterocycles. The van der Waals surface area contributed by atoms with E-state index in [1.54, 1.807) is 16.7 Å². The number of benzene rings is 2. The zero-order valence-electron chi connectivity index (χ0n) is 22.0. The lowest BCUT2D eigenvalue weighted by molar-refractivity contribution is -0.111. The van der Waals surface area contributed by atoms with Crippen molar-refractivity contribution in [1.82, 2.24) is 4.57 Å². The van der Waals surface area contributed by atoms with Crippen molar-refractivity contribution in [2.24, 2.45) is 0 Å². The standard InChI is InChI=1S/C31H38N2O4/c1-4-7-9-13-20-33-27-23-25(32-28(34)19-16-24-14-11-10-12-15-24)17-18-26(27)29(37-22-8-5-2)30(31(33)35)36-21-6-3/h6,10-12,14-19,23H,3-5,7-9,13,20-22H2,1-2H3,(H,32,34)/b19-16+. The van der Waals surface area contributed by atoms with Gasteiger partial charge in [-0.15, -0.1) is 0 Å². The first-order valence-corrected chi connectivity index (χ1v) is 13.2. The zero-order valence-corrected chi connectivity index (χ0v) is 22.0. The second-order valence-corrected chi connectivity index (χ2v) is 8.94. The minimum absolute atomic E-state index is 0.210. The van der Waals surface area contributed by atoms with Crippen LogP contribution in [0.1, 0.15) is 57.9 Å². The van der Waals surface area contributed by atoms with Crippen LogP contribution in [0.3, 0.4) is 0 Å². The minimum atomic E-state index is -0.245. The molecule has 0 unspecified atom stereocenters. The summed E-state index contributed by atoms with van der Waals surface area (Å²) in [5.74, 6) is 0.411. The molecule has 0 saturated carbocycles. The fraction of sp³-hybridized carbons (Fsp3) is 0.355. The van der Waals surface area contributed by atoms with E-state index >= 15 is 0 Å². The van der Waals surface area contributed by atoms with Crippen LogP contribution in [0.5, 0.6) is 11.5 Å². The van der Waals surface area contributed by atoms with E-state index < -0.39 is 0 Å². The summed E-state index contributed by atoms with van der Waals surface area (Å²) in [7, 11) is 0. The molecule has 37 heavy (non-hydrogen) atoms. The number of ether oxygens (including phenoxy) is 2. The van der Waals surface area contributed by atoms with Crippen molar-refractivity contribution in [2.45, 2.75) is 58.9 Å². The summed E-state index contributed by atoms with van der Waals surface area (Å²) in [6.07, 6.45) is 10.9. The first-order chi connectivity index (χ1) is 18.1. The highest BCUT2D eigenvalue weighted by atomic mass is 16.5. The highest BCUT2D eigenvalue weighted by Gasteiger charge is 2.20. The van der Waals surface area contributed by atoms with Crippen LogP contribution in [0.25, 0.3) is 17.0 Å². The molecule has 1 amide bonds. The Morgan fingerprint density at radius 2 is 1.76 bits per heavy atom. The largest absolute Gasteiger partial charge is 0.489 e. The first-order valence-electron chi connectivity index (χ1n) is 13.2. The topological polar surface area (TPSA) is 69.6 Å². The Bertz CT molecular complexity index is 1260. The lowest BCUT2D eigenvalue weighted by atomic mass is 10.1. The maximum Gasteiger partial charge on any atom is 0.297 e. The normalized spacial score (nSPS) is 11.1. The van der Waals surface area contributed by atoms with Gasteiger partial charge < -0.3 is 19.4 Å². The average Bonchev–Trinajstić information content (AvgIpc) is 2.91. The summed E-state index contributed by atoms with van der Waals surface area (Å²) >= 11 is 0. The Balaban J connectivity index is 2.01. The number of aryl methyl sites for hydroxylation is 1. The van der Waals surface area contributed by atoms with Gasteiger partial charge in [-0.1, -0.05) is 82.5 Å². The van der Waals surface area contributed by atoms with Crippen molar-refractivity contribution in [1.29, 1.82) is 0 Å². The molecule has 0 bridgehead atoms. The maximum atomic E-state index is 13.6. The number of nitrogens with zero attached hydrogens (tertiary/aromatic N) is 1. The Hall–Kier alpha value is -3.80. The molecule has 0 radical (unpaired) electrons. The molecule has 0 aliphatic carbocycles. The summed E-state index contributed by atoms with van der Waals surface area (Å²) in [5.41, 5.74) is 2.03. The zero-order chi connectivity index (χ0) is 26.5. The number of anilines is 1. The number of rotatable bonds is 15. The molecule has 1 N–H and O–H groups in total. The van der Waals surface area contributed by atoms with Crippen LogP contribution in [-0.2, 0) is 11.3 Å². The Morgan fingerprint density at radius 1 is 0.973 bits per heavy atom. The Labute approximate surface area is 219 Å². The van der Waals surface area contributed by atoms with Crippen LogP contribution in [0.4, 0.5) is 5.69 Å². The van der Waals surface area contributed by atoms with Gasteiger partial charge in [0.05, 0.1) is 12.1 Å². The number of nitrogens with one attached hydrogen (secondary N) is 1. The molecule has 0 spiro atoms. The Morgan fingerprint density at radius 3 is 2.49 bits per heavy atom. The fourth-order valence-electron chi connectivity index (χ4n) is 4.05. The van der Waals surface area contributed by atoms with E-state index in [0.717, 1.165) is 49.5 Å². The summed E-state index contributed by atoms with van der Waals surface area (Å²) in [6.45, 7) is 9.22. The summed E-state index contributed by atoms with van der Waals surface area (Å²) < 4.78 is 13.7. The number of unbranched alkanes of at least 4 members (excludes halogenated alkanes) is 4.